The van der Waals surface area contributed by atoms with Gasteiger partial charge in [0.05, 0.1) is 6.04 Å². The lowest BCUT2D eigenvalue weighted by molar-refractivity contribution is -0.120. The number of primary amides is 1. The van der Waals surface area contributed by atoms with Crippen LogP contribution in [-0.2, 0) is 11.2 Å². The number of hydrogen-bond donors (Lipinski definition) is 2. The number of amides is 1. The fraction of sp³-hybridized carbons (Fsp3) is 0.562. The van der Waals surface area contributed by atoms with Crippen LogP contribution in [0.5, 0.6) is 0 Å². The van der Waals surface area contributed by atoms with Gasteiger partial charge in [0, 0.05) is 18.3 Å². The van der Waals surface area contributed by atoms with E-state index in [9.17, 15) is 4.79 Å². The predicted octanol–water partition coefficient (Wildman–Crippen LogP) is 1.68. The quantitative estimate of drug-likeness (QED) is 0.830. The van der Waals surface area contributed by atoms with Crippen molar-refractivity contribution in [1.29, 1.82) is 0 Å². The molecular weight excluding hydrogens is 250 g/mol. The van der Waals surface area contributed by atoms with Crippen molar-refractivity contribution in [1.82, 2.24) is 5.32 Å². The summed E-state index contributed by atoms with van der Waals surface area (Å²) < 4.78 is 0. The molecule has 4 nitrogen and oxygen atoms in total. The Balaban J connectivity index is 2.06. The first-order valence-corrected chi connectivity index (χ1v) is 7.50. The molecule has 0 radical (unpaired) electrons. The highest BCUT2D eigenvalue weighted by Crippen LogP contribution is 2.30. The van der Waals surface area contributed by atoms with Gasteiger partial charge in [-0.05, 0) is 44.4 Å². The van der Waals surface area contributed by atoms with Crippen molar-refractivity contribution >= 4 is 11.6 Å². The molecule has 0 aromatic heterocycles. The van der Waals surface area contributed by atoms with Crippen LogP contribution < -0.4 is 16.0 Å². The second kappa shape index (κ2) is 6.75. The van der Waals surface area contributed by atoms with E-state index in [-0.39, 0.29) is 11.9 Å². The van der Waals surface area contributed by atoms with Crippen LogP contribution >= 0.6 is 0 Å². The van der Waals surface area contributed by atoms with E-state index in [2.05, 4.69) is 41.4 Å². The summed E-state index contributed by atoms with van der Waals surface area (Å²) in [4.78, 5) is 13.8. The number of nitrogens with zero attached hydrogens (tertiary/aromatic N) is 1. The molecular formula is C16H25N3O. The number of rotatable bonds is 6. The van der Waals surface area contributed by atoms with Gasteiger partial charge in [-0.25, -0.2) is 0 Å². The van der Waals surface area contributed by atoms with Crippen molar-refractivity contribution in [3.63, 3.8) is 0 Å². The third-order valence-electron chi connectivity index (χ3n) is 4.12. The number of fused-ring (bicyclic) bond motifs is 1. The van der Waals surface area contributed by atoms with Gasteiger partial charge in [0.15, 0.2) is 0 Å². The smallest absolute Gasteiger partial charge is 0.234 e. The molecule has 1 amide bonds. The fourth-order valence-corrected chi connectivity index (χ4v) is 2.96. The third kappa shape index (κ3) is 3.31. The summed E-state index contributed by atoms with van der Waals surface area (Å²) in [5.74, 6) is -0.259. The van der Waals surface area contributed by atoms with Gasteiger partial charge in [-0.15, -0.1) is 0 Å². The van der Waals surface area contributed by atoms with E-state index in [0.717, 1.165) is 25.9 Å². The number of nitrogens with two attached hydrogens (primary N) is 1. The number of benzene rings is 1. The monoisotopic (exact) mass is 275 g/mol. The molecule has 0 bridgehead atoms. The molecule has 1 aromatic carbocycles. The fourth-order valence-electron chi connectivity index (χ4n) is 2.96. The molecule has 1 heterocycles. The normalized spacial score (nSPS) is 19.5. The Kier molecular flexibility index (Phi) is 5.01. The summed E-state index contributed by atoms with van der Waals surface area (Å²) >= 11 is 0. The van der Waals surface area contributed by atoms with Crippen LogP contribution in [0, 0.1) is 0 Å². The Morgan fingerprint density at radius 1 is 1.50 bits per heavy atom. The first-order chi connectivity index (χ1) is 9.63. The van der Waals surface area contributed by atoms with Crippen molar-refractivity contribution in [3.8, 4) is 0 Å². The number of carbonyl (C=O) groups is 1. The number of hydrogen-bond acceptors (Lipinski definition) is 3. The number of anilines is 1. The van der Waals surface area contributed by atoms with Crippen molar-refractivity contribution in [2.24, 2.45) is 5.73 Å². The minimum absolute atomic E-state index is 0.235. The second-order valence-corrected chi connectivity index (χ2v) is 5.51. The van der Waals surface area contributed by atoms with Crippen LogP contribution in [-0.4, -0.2) is 31.1 Å². The summed E-state index contributed by atoms with van der Waals surface area (Å²) in [6.07, 6.45) is 3.06. The summed E-state index contributed by atoms with van der Waals surface area (Å²) in [6.45, 7) is 5.87. The Labute approximate surface area is 121 Å². The van der Waals surface area contributed by atoms with Gasteiger partial charge in [-0.2, -0.15) is 0 Å². The third-order valence-corrected chi connectivity index (χ3v) is 4.12. The SMILES string of the molecule is CCNC(CCN1c2ccccc2CCC1C)C(N)=O. The second-order valence-electron chi connectivity index (χ2n) is 5.51. The van der Waals surface area contributed by atoms with Gasteiger partial charge in [0.1, 0.15) is 0 Å². The summed E-state index contributed by atoms with van der Waals surface area (Å²) in [6, 6.07) is 8.83. The molecule has 0 aliphatic carbocycles. The summed E-state index contributed by atoms with van der Waals surface area (Å²) in [5, 5.41) is 3.16. The van der Waals surface area contributed by atoms with Crippen molar-refractivity contribution in [2.75, 3.05) is 18.0 Å². The van der Waals surface area contributed by atoms with Gasteiger partial charge in [-0.3, -0.25) is 4.79 Å². The predicted molar refractivity (Wildman–Crippen MR) is 82.8 cm³/mol. The zero-order valence-corrected chi connectivity index (χ0v) is 12.4. The average Bonchev–Trinajstić information content (AvgIpc) is 2.44. The highest BCUT2D eigenvalue weighted by Gasteiger charge is 2.24. The summed E-state index contributed by atoms with van der Waals surface area (Å²) in [7, 11) is 0. The number of likely N-dealkylation sites (N-methyl/N-ethyl adjacent to an activating group) is 1. The maximum Gasteiger partial charge on any atom is 0.234 e. The summed E-state index contributed by atoms with van der Waals surface area (Å²) in [5.41, 5.74) is 8.17. The topological polar surface area (TPSA) is 58.4 Å². The number of nitrogens with one attached hydrogen (secondary N) is 1. The molecule has 0 fully saturated rings. The molecule has 1 aromatic rings. The average molecular weight is 275 g/mol. The van der Waals surface area contributed by atoms with Crippen LogP contribution in [0.4, 0.5) is 5.69 Å². The van der Waals surface area contributed by atoms with Crippen molar-refractivity contribution in [3.05, 3.63) is 29.8 Å². The lowest BCUT2D eigenvalue weighted by Crippen LogP contribution is -2.45. The number of carbonyl (C=O) groups excluding carboxylic acids is 1. The Bertz CT molecular complexity index is 461. The van der Waals surface area contributed by atoms with Crippen LogP contribution in [0.25, 0.3) is 0 Å². The molecule has 3 N–H and O–H groups in total. The van der Waals surface area contributed by atoms with Crippen molar-refractivity contribution in [2.45, 2.75) is 45.2 Å². The van der Waals surface area contributed by atoms with Gasteiger partial charge in [-0.1, -0.05) is 25.1 Å². The molecule has 110 valence electrons. The van der Waals surface area contributed by atoms with E-state index in [1.54, 1.807) is 0 Å². The van der Waals surface area contributed by atoms with Crippen LogP contribution in [0.2, 0.25) is 0 Å². The van der Waals surface area contributed by atoms with Crippen LogP contribution in [0.15, 0.2) is 24.3 Å². The largest absolute Gasteiger partial charge is 0.369 e. The van der Waals surface area contributed by atoms with Crippen LogP contribution in [0.1, 0.15) is 32.3 Å². The molecule has 0 saturated heterocycles. The molecule has 0 saturated carbocycles. The molecule has 1 aliphatic rings. The van der Waals surface area contributed by atoms with E-state index in [1.807, 2.05) is 6.92 Å². The zero-order valence-electron chi connectivity index (χ0n) is 12.4. The minimum Gasteiger partial charge on any atom is -0.369 e. The standard InChI is InChI=1S/C16H25N3O/c1-3-18-14(16(17)20)10-11-19-12(2)8-9-13-6-4-5-7-15(13)19/h4-7,12,14,18H,3,8-11H2,1-2H3,(H2,17,20). The minimum atomic E-state index is -0.259. The van der Waals surface area contributed by atoms with E-state index in [1.165, 1.54) is 17.7 Å². The first-order valence-electron chi connectivity index (χ1n) is 7.50. The van der Waals surface area contributed by atoms with Crippen LogP contribution in [0.3, 0.4) is 0 Å². The lowest BCUT2D eigenvalue weighted by atomic mass is 9.96. The van der Waals surface area contributed by atoms with E-state index in [0.29, 0.717) is 6.04 Å². The van der Waals surface area contributed by atoms with Gasteiger partial charge in [0.2, 0.25) is 5.91 Å². The maximum atomic E-state index is 11.4. The maximum absolute atomic E-state index is 11.4. The van der Waals surface area contributed by atoms with Crippen molar-refractivity contribution < 1.29 is 4.79 Å². The molecule has 4 heteroatoms. The van der Waals surface area contributed by atoms with Gasteiger partial charge in [0.25, 0.3) is 0 Å². The first kappa shape index (κ1) is 14.9. The van der Waals surface area contributed by atoms with Gasteiger partial charge >= 0.3 is 0 Å². The van der Waals surface area contributed by atoms with E-state index < -0.39 is 0 Å². The Morgan fingerprint density at radius 2 is 2.25 bits per heavy atom. The highest BCUT2D eigenvalue weighted by atomic mass is 16.1. The Morgan fingerprint density at radius 3 is 2.95 bits per heavy atom. The lowest BCUT2D eigenvalue weighted by Gasteiger charge is -2.37. The molecule has 0 spiro atoms. The molecule has 2 unspecified atom stereocenters. The number of aryl methyl sites for hydroxylation is 1. The highest BCUT2D eigenvalue weighted by molar-refractivity contribution is 5.79. The zero-order chi connectivity index (χ0) is 14.5. The number of para-hydroxylation sites is 1. The molecule has 20 heavy (non-hydrogen) atoms. The van der Waals surface area contributed by atoms with Gasteiger partial charge < -0.3 is 16.0 Å². The molecule has 2 rings (SSSR count). The Hall–Kier alpha value is -1.55. The van der Waals surface area contributed by atoms with E-state index >= 15 is 0 Å². The molecule has 2 atom stereocenters. The van der Waals surface area contributed by atoms with E-state index in [4.69, 9.17) is 5.73 Å². The molecule has 1 aliphatic heterocycles.